The number of fused-ring (bicyclic) bond motifs is 1. The third-order valence-electron chi connectivity index (χ3n) is 4.64. The maximum atomic E-state index is 12.1. The summed E-state index contributed by atoms with van der Waals surface area (Å²) in [6, 6.07) is 18.9. The van der Waals surface area contributed by atoms with Gasteiger partial charge in [-0.1, -0.05) is 48.5 Å². The van der Waals surface area contributed by atoms with Crippen molar-refractivity contribution in [2.75, 3.05) is 0 Å². The Morgan fingerprint density at radius 2 is 1.80 bits per heavy atom. The van der Waals surface area contributed by atoms with Crippen LogP contribution in [-0.4, -0.2) is 16.9 Å². The van der Waals surface area contributed by atoms with Crippen LogP contribution in [0.1, 0.15) is 37.3 Å². The van der Waals surface area contributed by atoms with Gasteiger partial charge in [0.05, 0.1) is 0 Å². The van der Waals surface area contributed by atoms with Crippen LogP contribution in [0.25, 0.3) is 10.9 Å². The first-order chi connectivity index (χ1) is 12.2. The molecule has 3 aromatic rings. The predicted molar refractivity (Wildman–Crippen MR) is 104 cm³/mol. The molecule has 0 saturated heterocycles. The number of para-hydroxylation sites is 1. The Labute approximate surface area is 149 Å². The molecule has 1 atom stereocenters. The molecule has 0 aliphatic carbocycles. The maximum Gasteiger partial charge on any atom is 0.220 e. The lowest BCUT2D eigenvalue weighted by Gasteiger charge is -2.14. The van der Waals surface area contributed by atoms with Crippen LogP contribution in [0.4, 0.5) is 0 Å². The van der Waals surface area contributed by atoms with Crippen molar-refractivity contribution >= 4 is 16.8 Å². The number of aryl methyl sites for hydroxylation is 2. The number of aromatic amines is 1. The van der Waals surface area contributed by atoms with Crippen molar-refractivity contribution in [2.45, 2.75) is 45.1 Å². The molecule has 0 spiro atoms. The molecule has 0 fully saturated rings. The highest BCUT2D eigenvalue weighted by atomic mass is 16.1. The fourth-order valence-corrected chi connectivity index (χ4v) is 3.22. The van der Waals surface area contributed by atoms with E-state index in [0.717, 1.165) is 31.2 Å². The molecule has 0 aliphatic rings. The van der Waals surface area contributed by atoms with Gasteiger partial charge < -0.3 is 10.3 Å². The quantitative estimate of drug-likeness (QED) is 0.620. The van der Waals surface area contributed by atoms with E-state index in [-0.39, 0.29) is 11.9 Å². The summed E-state index contributed by atoms with van der Waals surface area (Å²) in [6.45, 7) is 2.08. The molecule has 3 heteroatoms. The number of rotatable bonds is 8. The number of benzene rings is 2. The molecule has 3 nitrogen and oxygen atoms in total. The molecule has 0 bridgehead atoms. The first kappa shape index (κ1) is 17.3. The van der Waals surface area contributed by atoms with Crippen LogP contribution in [0.2, 0.25) is 0 Å². The van der Waals surface area contributed by atoms with Gasteiger partial charge in [-0.3, -0.25) is 4.79 Å². The predicted octanol–water partition coefficient (Wildman–Crippen LogP) is 4.63. The standard InChI is InChI=1S/C22H26N2O/c1-17(14-15-18-8-3-2-4-9-18)24-22(25)13-7-10-19-16-23-21-12-6-5-11-20(19)21/h2-6,8-9,11-12,16-17,23H,7,10,13-15H2,1H3,(H,24,25)/t17-/m1/s1. The smallest absolute Gasteiger partial charge is 0.220 e. The van der Waals surface area contributed by atoms with Gasteiger partial charge in [0, 0.05) is 29.6 Å². The average molecular weight is 334 g/mol. The number of nitrogens with one attached hydrogen (secondary N) is 2. The van der Waals surface area contributed by atoms with Gasteiger partial charge >= 0.3 is 0 Å². The molecule has 2 N–H and O–H groups in total. The second-order valence-corrected chi connectivity index (χ2v) is 6.71. The lowest BCUT2D eigenvalue weighted by Crippen LogP contribution is -2.32. The van der Waals surface area contributed by atoms with E-state index in [2.05, 4.69) is 65.9 Å². The molecule has 0 saturated carbocycles. The maximum absolute atomic E-state index is 12.1. The molecule has 0 unspecified atom stereocenters. The van der Waals surface area contributed by atoms with E-state index in [0.29, 0.717) is 6.42 Å². The Hall–Kier alpha value is -2.55. The number of carbonyl (C=O) groups excluding carboxylic acids is 1. The van der Waals surface area contributed by atoms with E-state index >= 15 is 0 Å². The topological polar surface area (TPSA) is 44.9 Å². The lowest BCUT2D eigenvalue weighted by molar-refractivity contribution is -0.121. The molecule has 2 aromatic carbocycles. The van der Waals surface area contributed by atoms with E-state index in [4.69, 9.17) is 0 Å². The molecular formula is C22H26N2O. The molecule has 3 rings (SSSR count). The van der Waals surface area contributed by atoms with Gasteiger partial charge in [-0.25, -0.2) is 0 Å². The largest absolute Gasteiger partial charge is 0.361 e. The second kappa shape index (κ2) is 8.52. The van der Waals surface area contributed by atoms with Crippen LogP contribution >= 0.6 is 0 Å². The van der Waals surface area contributed by atoms with Crippen molar-refractivity contribution in [1.29, 1.82) is 0 Å². The average Bonchev–Trinajstić information content (AvgIpc) is 3.04. The number of carbonyl (C=O) groups is 1. The third kappa shape index (κ3) is 4.96. The van der Waals surface area contributed by atoms with Crippen molar-refractivity contribution in [3.63, 3.8) is 0 Å². The second-order valence-electron chi connectivity index (χ2n) is 6.71. The zero-order valence-corrected chi connectivity index (χ0v) is 14.8. The van der Waals surface area contributed by atoms with Gasteiger partial charge in [0.15, 0.2) is 0 Å². The summed E-state index contributed by atoms with van der Waals surface area (Å²) in [5.74, 6) is 0.153. The molecule has 1 amide bonds. The van der Waals surface area contributed by atoms with E-state index in [1.165, 1.54) is 16.5 Å². The van der Waals surface area contributed by atoms with Crippen molar-refractivity contribution in [3.8, 4) is 0 Å². The van der Waals surface area contributed by atoms with Crippen LogP contribution in [0.5, 0.6) is 0 Å². The van der Waals surface area contributed by atoms with Crippen LogP contribution in [0.15, 0.2) is 60.8 Å². The molecule has 130 valence electrons. The highest BCUT2D eigenvalue weighted by molar-refractivity contribution is 5.83. The SMILES string of the molecule is C[C@H](CCc1ccccc1)NC(=O)CCCc1c[nH]c2ccccc12. The van der Waals surface area contributed by atoms with Gasteiger partial charge in [-0.2, -0.15) is 0 Å². The fourth-order valence-electron chi connectivity index (χ4n) is 3.22. The summed E-state index contributed by atoms with van der Waals surface area (Å²) in [5.41, 5.74) is 3.78. The monoisotopic (exact) mass is 334 g/mol. The summed E-state index contributed by atoms with van der Waals surface area (Å²) in [6.07, 6.45) is 6.41. The van der Waals surface area contributed by atoms with Crippen molar-refractivity contribution in [1.82, 2.24) is 10.3 Å². The van der Waals surface area contributed by atoms with Gasteiger partial charge in [0.1, 0.15) is 0 Å². The normalized spacial score (nSPS) is 12.2. The Balaban J connectivity index is 1.39. The van der Waals surface area contributed by atoms with E-state index in [1.54, 1.807) is 0 Å². The minimum Gasteiger partial charge on any atom is -0.361 e. The van der Waals surface area contributed by atoms with E-state index in [9.17, 15) is 4.79 Å². The third-order valence-corrected chi connectivity index (χ3v) is 4.64. The van der Waals surface area contributed by atoms with Gasteiger partial charge in [0.25, 0.3) is 0 Å². The summed E-state index contributed by atoms with van der Waals surface area (Å²) < 4.78 is 0. The van der Waals surface area contributed by atoms with Gasteiger partial charge in [0.2, 0.25) is 5.91 Å². The summed E-state index contributed by atoms with van der Waals surface area (Å²) in [4.78, 5) is 15.4. The van der Waals surface area contributed by atoms with E-state index < -0.39 is 0 Å². The molecular weight excluding hydrogens is 308 g/mol. The number of hydrogen-bond donors (Lipinski definition) is 2. The van der Waals surface area contributed by atoms with E-state index in [1.807, 2.05) is 12.1 Å². The highest BCUT2D eigenvalue weighted by Crippen LogP contribution is 2.19. The molecule has 1 heterocycles. The number of H-pyrrole nitrogens is 1. The van der Waals surface area contributed by atoms with Crippen LogP contribution in [0.3, 0.4) is 0 Å². The summed E-state index contributed by atoms with van der Waals surface area (Å²) >= 11 is 0. The highest BCUT2D eigenvalue weighted by Gasteiger charge is 2.09. The number of amides is 1. The Kier molecular flexibility index (Phi) is 5.89. The van der Waals surface area contributed by atoms with Gasteiger partial charge in [-0.05, 0) is 49.8 Å². The molecule has 1 aromatic heterocycles. The Bertz CT molecular complexity index is 807. The summed E-state index contributed by atoms with van der Waals surface area (Å²) in [5, 5.41) is 4.38. The zero-order chi connectivity index (χ0) is 17.5. The first-order valence-corrected chi connectivity index (χ1v) is 9.10. The molecule has 25 heavy (non-hydrogen) atoms. The lowest BCUT2D eigenvalue weighted by atomic mass is 10.1. The van der Waals surface area contributed by atoms with Crippen molar-refractivity contribution in [3.05, 3.63) is 71.9 Å². The first-order valence-electron chi connectivity index (χ1n) is 9.10. The fraction of sp³-hybridized carbons (Fsp3) is 0.318. The summed E-state index contributed by atoms with van der Waals surface area (Å²) in [7, 11) is 0. The minimum atomic E-state index is 0.153. The Morgan fingerprint density at radius 3 is 2.64 bits per heavy atom. The number of aromatic nitrogens is 1. The molecule has 0 aliphatic heterocycles. The molecule has 0 radical (unpaired) electrons. The zero-order valence-electron chi connectivity index (χ0n) is 14.8. The van der Waals surface area contributed by atoms with Crippen molar-refractivity contribution in [2.24, 2.45) is 0 Å². The van der Waals surface area contributed by atoms with Crippen LogP contribution < -0.4 is 5.32 Å². The van der Waals surface area contributed by atoms with Crippen molar-refractivity contribution < 1.29 is 4.79 Å². The number of hydrogen-bond acceptors (Lipinski definition) is 1. The van der Waals surface area contributed by atoms with Gasteiger partial charge in [-0.15, -0.1) is 0 Å². The van der Waals surface area contributed by atoms with Crippen LogP contribution in [0, 0.1) is 0 Å². The Morgan fingerprint density at radius 1 is 1.04 bits per heavy atom. The minimum absolute atomic E-state index is 0.153. The van der Waals surface area contributed by atoms with Crippen LogP contribution in [-0.2, 0) is 17.6 Å².